The van der Waals surface area contributed by atoms with E-state index in [9.17, 15) is 0 Å². The maximum absolute atomic E-state index is 6.39. The molecule has 0 fully saturated rings. The molecule has 9 heteroatoms. The van der Waals surface area contributed by atoms with E-state index in [4.69, 9.17) is 13.5 Å². The molecule has 5 nitrogen and oxygen atoms in total. The zero-order valence-electron chi connectivity index (χ0n) is 44.9. The fourth-order valence-corrected chi connectivity index (χ4v) is 14.2. The average Bonchev–Trinajstić information content (AvgIpc) is 4.42. The van der Waals surface area contributed by atoms with Gasteiger partial charge in [0.15, 0.2) is 0 Å². The van der Waals surface area contributed by atoms with Crippen molar-refractivity contribution in [2.24, 2.45) is 0 Å². The Morgan fingerprint density at radius 3 is 1.39 bits per heavy atom. The molecular weight excluding hydrogens is 1150 g/mol. The summed E-state index contributed by atoms with van der Waals surface area (Å²) in [6, 6.07) is 80.6. The number of rotatable bonds is 22. The molecule has 1 aliphatic carbocycles. The van der Waals surface area contributed by atoms with Crippen LogP contribution in [0.2, 0.25) is 0 Å². The molecule has 11 aromatic rings. The zero-order chi connectivity index (χ0) is 54.3. The van der Waals surface area contributed by atoms with Crippen molar-refractivity contribution >= 4 is 100 Å². The molecule has 0 bridgehead atoms. The highest BCUT2D eigenvalue weighted by Crippen LogP contribution is 2.55. The average molecular weight is 1210 g/mol. The molecule has 0 spiro atoms. The molecule has 398 valence electrons. The summed E-state index contributed by atoms with van der Waals surface area (Å²) in [7, 11) is 0. The van der Waals surface area contributed by atoms with Crippen LogP contribution in [0.5, 0.6) is 5.75 Å². The normalized spacial score (nSPS) is 12.3. The second kappa shape index (κ2) is 24.7. The molecule has 0 saturated heterocycles. The Kier molecular flexibility index (Phi) is 16.5. The molecule has 0 radical (unpaired) electrons. The Balaban J connectivity index is 0.692. The minimum Gasteiger partial charge on any atom is -0.494 e. The lowest BCUT2D eigenvalue weighted by Crippen LogP contribution is -2.25. The first-order valence-electron chi connectivity index (χ1n) is 28.1. The lowest BCUT2D eigenvalue weighted by atomic mass is 9.70. The van der Waals surface area contributed by atoms with Crippen molar-refractivity contribution in [3.63, 3.8) is 0 Å². The van der Waals surface area contributed by atoms with Gasteiger partial charge in [0.25, 0.3) is 0 Å². The third-order valence-corrected chi connectivity index (χ3v) is 18.5. The summed E-state index contributed by atoms with van der Waals surface area (Å²) in [5.41, 5.74) is 18.7. The number of unbranched alkanes of at least 4 members (excludes halogenated alkanes) is 6. The summed E-state index contributed by atoms with van der Waals surface area (Å²) in [4.78, 5) is 6.96. The van der Waals surface area contributed by atoms with Gasteiger partial charge < -0.3 is 14.5 Å². The SMILES string of the molecule is CCCCCCC1(CCCCCCOc2ccc(N(c3ccccc3)c3ccc(-c4ccc(-c5ccc(-c6ccc(N(c7ccccc7)c7ccccc7)cc6)c6nsnc56)s4)cc3)cc2)c2cc(Br)ccc2-c2ccc(Br)cc21. The summed E-state index contributed by atoms with van der Waals surface area (Å²) < 4.78 is 18.4. The third-order valence-electron chi connectivity index (χ3n) is 15.8. The minimum absolute atomic E-state index is 0.0458. The van der Waals surface area contributed by atoms with Crippen LogP contribution in [0, 0.1) is 0 Å². The number of benzene rings is 9. The second-order valence-electron chi connectivity index (χ2n) is 20.8. The van der Waals surface area contributed by atoms with E-state index in [-0.39, 0.29) is 5.41 Å². The summed E-state index contributed by atoms with van der Waals surface area (Å²) in [5.74, 6) is 0.899. The number of halogens is 2. The maximum atomic E-state index is 6.39. The summed E-state index contributed by atoms with van der Waals surface area (Å²) >= 11 is 10.7. The molecule has 0 aliphatic heterocycles. The highest BCUT2D eigenvalue weighted by atomic mass is 79.9. The molecule has 2 aromatic heterocycles. The van der Waals surface area contributed by atoms with E-state index >= 15 is 0 Å². The second-order valence-corrected chi connectivity index (χ2v) is 24.3. The number of thiophene rings is 1. The van der Waals surface area contributed by atoms with Gasteiger partial charge in [0.1, 0.15) is 16.8 Å². The van der Waals surface area contributed by atoms with E-state index in [1.54, 1.807) is 11.3 Å². The number of nitrogens with zero attached hydrogens (tertiary/aromatic N) is 4. The van der Waals surface area contributed by atoms with Gasteiger partial charge in [-0.2, -0.15) is 8.75 Å². The molecule has 0 atom stereocenters. The van der Waals surface area contributed by atoms with Crippen LogP contribution in [0.4, 0.5) is 34.1 Å². The van der Waals surface area contributed by atoms with Gasteiger partial charge in [0.2, 0.25) is 0 Å². The van der Waals surface area contributed by atoms with Crippen LogP contribution in [0.1, 0.15) is 82.3 Å². The quantitative estimate of drug-likeness (QED) is 0.0633. The number of hydrogen-bond donors (Lipinski definition) is 0. The van der Waals surface area contributed by atoms with E-state index in [0.717, 1.165) is 86.9 Å². The van der Waals surface area contributed by atoms with Crippen LogP contribution in [-0.4, -0.2) is 15.4 Å². The van der Waals surface area contributed by atoms with E-state index in [1.807, 2.05) is 0 Å². The lowest BCUT2D eigenvalue weighted by Gasteiger charge is -2.33. The van der Waals surface area contributed by atoms with Gasteiger partial charge in [0.05, 0.1) is 18.3 Å². The Morgan fingerprint density at radius 2 is 0.850 bits per heavy atom. The minimum atomic E-state index is 0.0458. The lowest BCUT2D eigenvalue weighted by molar-refractivity contribution is 0.302. The van der Waals surface area contributed by atoms with Crippen molar-refractivity contribution in [3.8, 4) is 48.9 Å². The summed E-state index contributed by atoms with van der Waals surface area (Å²) in [6.45, 7) is 3.01. The maximum Gasteiger partial charge on any atom is 0.119 e. The molecule has 0 unspecified atom stereocenters. The zero-order valence-corrected chi connectivity index (χ0v) is 49.7. The van der Waals surface area contributed by atoms with Crippen LogP contribution < -0.4 is 14.5 Å². The molecule has 80 heavy (non-hydrogen) atoms. The predicted molar refractivity (Wildman–Crippen MR) is 346 cm³/mol. The smallest absolute Gasteiger partial charge is 0.119 e. The van der Waals surface area contributed by atoms with Crippen LogP contribution >= 0.6 is 54.9 Å². The van der Waals surface area contributed by atoms with E-state index in [2.05, 4.69) is 273 Å². The van der Waals surface area contributed by atoms with Crippen LogP contribution in [-0.2, 0) is 5.41 Å². The van der Waals surface area contributed by atoms with Crippen molar-refractivity contribution in [2.75, 3.05) is 16.4 Å². The molecule has 9 aromatic carbocycles. The Bertz CT molecular complexity index is 3740. The van der Waals surface area contributed by atoms with Crippen LogP contribution in [0.15, 0.2) is 233 Å². The summed E-state index contributed by atoms with van der Waals surface area (Å²) in [5, 5.41) is 0. The van der Waals surface area contributed by atoms with E-state index in [1.165, 1.54) is 103 Å². The Morgan fingerprint density at radius 1 is 0.412 bits per heavy atom. The largest absolute Gasteiger partial charge is 0.494 e. The van der Waals surface area contributed by atoms with Crippen molar-refractivity contribution in [1.29, 1.82) is 0 Å². The Labute approximate surface area is 496 Å². The van der Waals surface area contributed by atoms with Crippen LogP contribution in [0.25, 0.3) is 54.2 Å². The molecule has 0 N–H and O–H groups in total. The number of hydrogen-bond acceptors (Lipinski definition) is 7. The number of aromatic nitrogens is 2. The van der Waals surface area contributed by atoms with E-state index in [0.29, 0.717) is 6.61 Å². The van der Waals surface area contributed by atoms with Gasteiger partial charge >= 0.3 is 0 Å². The third kappa shape index (κ3) is 11.3. The number of para-hydroxylation sites is 3. The first-order chi connectivity index (χ1) is 39.4. The first-order valence-corrected chi connectivity index (χ1v) is 31.2. The van der Waals surface area contributed by atoms with Gasteiger partial charge in [-0.15, -0.1) is 11.3 Å². The summed E-state index contributed by atoms with van der Waals surface area (Å²) in [6.07, 6.45) is 12.0. The number of anilines is 6. The van der Waals surface area contributed by atoms with Crippen molar-refractivity contribution in [2.45, 2.75) is 76.5 Å². The molecule has 2 heterocycles. The van der Waals surface area contributed by atoms with Gasteiger partial charge in [-0.1, -0.05) is 187 Å². The fraction of sp³-hybridized carbons (Fsp3) is 0.183. The highest BCUT2D eigenvalue weighted by Gasteiger charge is 2.42. The first kappa shape index (κ1) is 53.5. The topological polar surface area (TPSA) is 41.5 Å². The molecule has 12 rings (SSSR count). The molecule has 0 amide bonds. The van der Waals surface area contributed by atoms with Crippen molar-refractivity contribution in [3.05, 3.63) is 245 Å². The highest BCUT2D eigenvalue weighted by molar-refractivity contribution is 9.10. The van der Waals surface area contributed by atoms with Crippen LogP contribution in [0.3, 0.4) is 0 Å². The predicted octanol–water partition coefficient (Wildman–Crippen LogP) is 22.5. The molecule has 1 aliphatic rings. The fourth-order valence-electron chi connectivity index (χ4n) is 11.8. The van der Waals surface area contributed by atoms with Gasteiger partial charge in [-0.25, -0.2) is 0 Å². The van der Waals surface area contributed by atoms with Gasteiger partial charge in [-0.3, -0.25) is 0 Å². The monoisotopic (exact) mass is 1210 g/mol. The van der Waals surface area contributed by atoms with Crippen molar-refractivity contribution in [1.82, 2.24) is 8.75 Å². The number of ether oxygens (including phenoxy) is 1. The standard InChI is InChI=1S/C71H62Br2N4OS2/c1-2-3-4-16-45-71(65-48-52(72)29-39-62(65)63-40-30-53(73)49-66(63)71)46-17-5-6-18-47-78-60-37-35-59(36-38-60)77(56-23-14-9-15-24-56)58-33-27-51(28-34-58)67-43-44-68(79-67)64-42-41-61(69-70(64)75-80-74-69)50-25-31-57(32-26-50)76(54-19-10-7-11-20-54)55-21-12-8-13-22-55/h7-15,19-44,48-49H,2-6,16-18,45-47H2,1H3. The number of fused-ring (bicyclic) bond motifs is 4. The molecule has 0 saturated carbocycles. The molecular formula is C71H62Br2N4OS2. The Hall–Kier alpha value is -7.14. The van der Waals surface area contributed by atoms with E-state index < -0.39 is 0 Å². The van der Waals surface area contributed by atoms with Crippen molar-refractivity contribution < 1.29 is 4.74 Å². The van der Waals surface area contributed by atoms with Gasteiger partial charge in [-0.05, 0) is 174 Å². The van der Waals surface area contributed by atoms with Gasteiger partial charge in [0, 0.05) is 69.4 Å².